The average Bonchev–Trinajstić information content (AvgIpc) is 2.38. The maximum absolute atomic E-state index is 13.1. The molecule has 1 amide bonds. The van der Waals surface area contributed by atoms with Crippen molar-refractivity contribution < 1.29 is 19.0 Å². The van der Waals surface area contributed by atoms with E-state index < -0.39 is 11.9 Å². The van der Waals surface area contributed by atoms with Crippen LogP contribution in [0, 0.1) is 5.82 Å². The summed E-state index contributed by atoms with van der Waals surface area (Å²) in [7, 11) is 0. The molecule has 4 nitrogen and oxygen atoms in total. The first-order chi connectivity index (χ1) is 9.45. The van der Waals surface area contributed by atoms with E-state index in [9.17, 15) is 9.18 Å². The molecule has 0 fully saturated rings. The van der Waals surface area contributed by atoms with Crippen LogP contribution in [-0.2, 0) is 4.79 Å². The molecule has 1 rings (SSSR count). The molecule has 1 unspecified atom stereocenters. The molecule has 0 aliphatic heterocycles. The molecule has 1 N–H and O–H groups in total. The number of halogens is 1. The molecule has 0 aromatic heterocycles. The van der Waals surface area contributed by atoms with Gasteiger partial charge in [0, 0.05) is 25.3 Å². The van der Waals surface area contributed by atoms with E-state index in [4.69, 9.17) is 9.84 Å². The average molecular weight is 283 g/mol. The number of rotatable bonds is 7. The number of amides is 1. The SMILES string of the molecule is CC(Oc1cccc(F)c1)C(=O)N(CCCO)C(C)C. The van der Waals surface area contributed by atoms with Gasteiger partial charge in [0.05, 0.1) is 0 Å². The lowest BCUT2D eigenvalue weighted by Gasteiger charge is -2.29. The van der Waals surface area contributed by atoms with Crippen LogP contribution in [0.2, 0.25) is 0 Å². The second kappa shape index (κ2) is 7.85. The van der Waals surface area contributed by atoms with Crippen molar-refractivity contribution in [2.24, 2.45) is 0 Å². The van der Waals surface area contributed by atoms with Gasteiger partial charge in [0.15, 0.2) is 6.10 Å². The summed E-state index contributed by atoms with van der Waals surface area (Å²) >= 11 is 0. The van der Waals surface area contributed by atoms with Crippen molar-refractivity contribution in [1.82, 2.24) is 4.90 Å². The van der Waals surface area contributed by atoms with E-state index in [1.165, 1.54) is 18.2 Å². The molecule has 0 saturated heterocycles. The van der Waals surface area contributed by atoms with Crippen molar-refractivity contribution in [3.05, 3.63) is 30.1 Å². The Balaban J connectivity index is 2.68. The molecule has 5 heteroatoms. The van der Waals surface area contributed by atoms with Crippen molar-refractivity contribution in [2.45, 2.75) is 39.3 Å². The molecular formula is C15H22FNO3. The van der Waals surface area contributed by atoms with Gasteiger partial charge in [-0.15, -0.1) is 0 Å². The van der Waals surface area contributed by atoms with Crippen LogP contribution in [0.3, 0.4) is 0 Å². The van der Waals surface area contributed by atoms with Gasteiger partial charge in [-0.1, -0.05) is 6.07 Å². The minimum Gasteiger partial charge on any atom is -0.481 e. The van der Waals surface area contributed by atoms with Crippen LogP contribution in [0.25, 0.3) is 0 Å². The van der Waals surface area contributed by atoms with E-state index in [0.29, 0.717) is 18.7 Å². The summed E-state index contributed by atoms with van der Waals surface area (Å²) in [5.41, 5.74) is 0. The summed E-state index contributed by atoms with van der Waals surface area (Å²) in [6.45, 7) is 5.97. The second-order valence-corrected chi connectivity index (χ2v) is 4.92. The lowest BCUT2D eigenvalue weighted by molar-refractivity contribution is -0.139. The van der Waals surface area contributed by atoms with Gasteiger partial charge < -0.3 is 14.7 Å². The van der Waals surface area contributed by atoms with Gasteiger partial charge >= 0.3 is 0 Å². The zero-order chi connectivity index (χ0) is 15.1. The van der Waals surface area contributed by atoms with Crippen molar-refractivity contribution in [3.63, 3.8) is 0 Å². The molecule has 0 radical (unpaired) electrons. The number of nitrogens with zero attached hydrogens (tertiary/aromatic N) is 1. The Morgan fingerprint density at radius 2 is 2.10 bits per heavy atom. The fraction of sp³-hybridized carbons (Fsp3) is 0.533. The number of hydrogen-bond acceptors (Lipinski definition) is 3. The largest absolute Gasteiger partial charge is 0.481 e. The summed E-state index contributed by atoms with van der Waals surface area (Å²) in [5, 5.41) is 8.87. The van der Waals surface area contributed by atoms with Gasteiger partial charge in [-0.2, -0.15) is 0 Å². The highest BCUT2D eigenvalue weighted by atomic mass is 19.1. The summed E-state index contributed by atoms with van der Waals surface area (Å²) in [5.74, 6) is -0.238. The minimum atomic E-state index is -0.696. The van der Waals surface area contributed by atoms with Crippen LogP contribution in [0.1, 0.15) is 27.2 Å². The normalized spacial score (nSPS) is 12.3. The zero-order valence-electron chi connectivity index (χ0n) is 12.2. The van der Waals surface area contributed by atoms with E-state index in [-0.39, 0.29) is 18.6 Å². The molecular weight excluding hydrogens is 261 g/mol. The van der Waals surface area contributed by atoms with Crippen molar-refractivity contribution in [1.29, 1.82) is 0 Å². The predicted octanol–water partition coefficient (Wildman–Crippen LogP) is 2.21. The quantitative estimate of drug-likeness (QED) is 0.834. The van der Waals surface area contributed by atoms with Gasteiger partial charge in [0.2, 0.25) is 0 Å². The van der Waals surface area contributed by atoms with Gasteiger partial charge in [-0.25, -0.2) is 4.39 Å². The van der Waals surface area contributed by atoms with Gasteiger partial charge in [0.1, 0.15) is 11.6 Å². The molecule has 0 spiro atoms. The van der Waals surface area contributed by atoms with E-state index >= 15 is 0 Å². The van der Waals surface area contributed by atoms with E-state index in [1.807, 2.05) is 13.8 Å². The highest BCUT2D eigenvalue weighted by Gasteiger charge is 2.23. The molecule has 0 aliphatic rings. The van der Waals surface area contributed by atoms with E-state index in [0.717, 1.165) is 0 Å². The van der Waals surface area contributed by atoms with Crippen molar-refractivity contribution >= 4 is 5.91 Å². The highest BCUT2D eigenvalue weighted by Crippen LogP contribution is 2.15. The number of carbonyl (C=O) groups excluding carboxylic acids is 1. The smallest absolute Gasteiger partial charge is 0.263 e. The maximum atomic E-state index is 13.1. The number of aliphatic hydroxyl groups excluding tert-OH is 1. The summed E-state index contributed by atoms with van der Waals surface area (Å²) in [4.78, 5) is 14.0. The molecule has 112 valence electrons. The number of carbonyl (C=O) groups is 1. The van der Waals surface area contributed by atoms with Gasteiger partial charge in [-0.05, 0) is 39.3 Å². The first kappa shape index (κ1) is 16.4. The van der Waals surface area contributed by atoms with Crippen LogP contribution in [-0.4, -0.2) is 41.2 Å². The first-order valence-corrected chi connectivity index (χ1v) is 6.79. The monoisotopic (exact) mass is 283 g/mol. The van der Waals surface area contributed by atoms with E-state index in [1.54, 1.807) is 17.9 Å². The third-order valence-corrected chi connectivity index (χ3v) is 2.92. The lowest BCUT2D eigenvalue weighted by Crippen LogP contribution is -2.45. The van der Waals surface area contributed by atoms with Crippen molar-refractivity contribution in [2.75, 3.05) is 13.2 Å². The standard InChI is InChI=1S/C15H22FNO3/c1-11(2)17(8-5-9-18)15(19)12(3)20-14-7-4-6-13(16)10-14/h4,6-7,10-12,18H,5,8-9H2,1-3H3. The summed E-state index contributed by atoms with van der Waals surface area (Å²) < 4.78 is 18.5. The summed E-state index contributed by atoms with van der Waals surface area (Å²) in [6, 6.07) is 5.74. The Morgan fingerprint density at radius 3 is 2.65 bits per heavy atom. The summed E-state index contributed by atoms with van der Waals surface area (Å²) in [6.07, 6.45) is -0.172. The first-order valence-electron chi connectivity index (χ1n) is 6.79. The Kier molecular flexibility index (Phi) is 6.45. The van der Waals surface area contributed by atoms with Crippen molar-refractivity contribution in [3.8, 4) is 5.75 Å². The predicted molar refractivity (Wildman–Crippen MR) is 75.0 cm³/mol. The van der Waals surface area contributed by atoms with Gasteiger partial charge in [0.25, 0.3) is 5.91 Å². The number of benzene rings is 1. The highest BCUT2D eigenvalue weighted by molar-refractivity contribution is 5.81. The van der Waals surface area contributed by atoms with Crippen LogP contribution in [0.5, 0.6) is 5.75 Å². The molecule has 0 aliphatic carbocycles. The molecule has 1 aromatic carbocycles. The van der Waals surface area contributed by atoms with Crippen LogP contribution in [0.15, 0.2) is 24.3 Å². The third kappa shape index (κ3) is 4.81. The molecule has 0 saturated carbocycles. The Hall–Kier alpha value is -1.62. The minimum absolute atomic E-state index is 0.0209. The second-order valence-electron chi connectivity index (χ2n) is 4.92. The van der Waals surface area contributed by atoms with Crippen LogP contribution in [0.4, 0.5) is 4.39 Å². The number of aliphatic hydroxyl groups is 1. The topological polar surface area (TPSA) is 49.8 Å². The Morgan fingerprint density at radius 1 is 1.40 bits per heavy atom. The van der Waals surface area contributed by atoms with Gasteiger partial charge in [-0.3, -0.25) is 4.79 Å². The molecule has 0 heterocycles. The molecule has 1 aromatic rings. The number of hydrogen-bond donors (Lipinski definition) is 1. The fourth-order valence-electron chi connectivity index (χ4n) is 1.89. The molecule has 0 bridgehead atoms. The fourth-order valence-corrected chi connectivity index (χ4v) is 1.89. The lowest BCUT2D eigenvalue weighted by atomic mass is 10.2. The molecule has 1 atom stereocenters. The number of ether oxygens (including phenoxy) is 1. The third-order valence-electron chi connectivity index (χ3n) is 2.92. The van der Waals surface area contributed by atoms with Crippen LogP contribution >= 0.6 is 0 Å². The zero-order valence-corrected chi connectivity index (χ0v) is 12.2. The maximum Gasteiger partial charge on any atom is 0.263 e. The van der Waals surface area contributed by atoms with E-state index in [2.05, 4.69) is 0 Å². The Labute approximate surface area is 119 Å². The molecule has 20 heavy (non-hydrogen) atoms. The van der Waals surface area contributed by atoms with Crippen LogP contribution < -0.4 is 4.74 Å². The Bertz CT molecular complexity index is 437.